The number of benzene rings is 1. The fraction of sp³-hybridized carbons (Fsp3) is 0.571. The first-order valence-electron chi connectivity index (χ1n) is 13.5. The van der Waals surface area contributed by atoms with Crippen molar-refractivity contribution in [3.63, 3.8) is 0 Å². The van der Waals surface area contributed by atoms with E-state index >= 15 is 0 Å². The van der Waals surface area contributed by atoms with Crippen molar-refractivity contribution in [1.82, 2.24) is 0 Å². The van der Waals surface area contributed by atoms with E-state index in [1.807, 2.05) is 52.0 Å². The normalized spacial score (nSPS) is 32.8. The molecule has 1 aromatic rings. The Morgan fingerprint density at radius 2 is 0.977 bits per heavy atom. The number of carbonyl (C=O) groups excluding carboxylic acids is 2. The summed E-state index contributed by atoms with van der Waals surface area (Å²) in [7, 11) is -3.85. The number of fused-ring (bicyclic) bond motifs is 4. The molecule has 4 aliphatic carbocycles. The Hall–Kier alpha value is -1.61. The molecule has 0 heterocycles. The highest BCUT2D eigenvalue weighted by Gasteiger charge is 2.68. The van der Waals surface area contributed by atoms with Crippen LogP contribution in [-0.4, -0.2) is 57.4 Å². The largest absolute Gasteiger partial charge is 0.317 e. The third-order valence-electron chi connectivity index (χ3n) is 10.5. The molecule has 4 atom stereocenters. The van der Waals surface area contributed by atoms with E-state index in [2.05, 4.69) is 21.4 Å². The lowest BCUT2D eigenvalue weighted by Crippen LogP contribution is -2.42. The molecule has 4 fully saturated rings. The van der Waals surface area contributed by atoms with Gasteiger partial charge in [-0.3, -0.25) is 18.7 Å². The average molecular weight is 698 g/mol. The first-order chi connectivity index (χ1) is 19.3. The lowest BCUT2D eigenvalue weighted by molar-refractivity contribution is -0.125. The molecule has 0 amide bonds. The van der Waals surface area contributed by atoms with Gasteiger partial charge in [-0.15, -0.1) is 0 Å². The van der Waals surface area contributed by atoms with Crippen molar-refractivity contribution in [2.45, 2.75) is 53.4 Å². The molecule has 4 saturated carbocycles. The Kier molecular flexibility index (Phi) is 8.56. The van der Waals surface area contributed by atoms with E-state index in [1.165, 1.54) is 0 Å². The fourth-order valence-electron chi connectivity index (χ4n) is 8.23. The molecule has 0 aromatic heterocycles. The van der Waals surface area contributed by atoms with Crippen LogP contribution in [0, 0.1) is 33.5 Å². The first-order valence-corrected chi connectivity index (χ1v) is 19.9. The summed E-state index contributed by atoms with van der Waals surface area (Å²) in [6, 6.07) is 7.33. The minimum absolute atomic E-state index is 0.105. The number of Topliss-reactive ketones (excluding diaryl/α,β-unsaturated/α-hetero) is 2. The Balaban J connectivity index is 0.000000782. The van der Waals surface area contributed by atoms with Crippen LogP contribution in [0.3, 0.4) is 0 Å². The molecule has 15 heteroatoms. The average Bonchev–Trinajstić information content (AvgIpc) is 3.31. The van der Waals surface area contributed by atoms with Gasteiger partial charge in [-0.25, -0.2) is 0 Å². The van der Waals surface area contributed by atoms with Crippen LogP contribution in [0.4, 0.5) is 0 Å². The van der Waals surface area contributed by atoms with Gasteiger partial charge in [0.2, 0.25) is 0 Å². The van der Waals surface area contributed by atoms with E-state index in [1.54, 1.807) is 12.2 Å². The number of carbonyl (C=O) groups is 2. The first kappa shape index (κ1) is 34.3. The molecule has 0 spiro atoms. The Morgan fingerprint density at radius 1 is 0.698 bits per heavy atom. The van der Waals surface area contributed by atoms with E-state index in [0.717, 1.165) is 11.1 Å². The van der Waals surface area contributed by atoms with E-state index in [9.17, 15) is 35.5 Å². The highest BCUT2D eigenvalue weighted by molar-refractivity contribution is 8.31. The molecular formula is C28H34Cl2O10S3. The van der Waals surface area contributed by atoms with Gasteiger partial charge in [0, 0.05) is 32.5 Å². The number of allylic oxidation sites excluding steroid dienone is 2. The van der Waals surface area contributed by atoms with Gasteiger partial charge in [0.15, 0.2) is 11.6 Å². The summed E-state index contributed by atoms with van der Waals surface area (Å²) in [6.07, 6.45) is 5.80. The summed E-state index contributed by atoms with van der Waals surface area (Å²) in [6.45, 7) is 7.58. The predicted molar refractivity (Wildman–Crippen MR) is 164 cm³/mol. The molecule has 2 N–H and O–H groups in total. The van der Waals surface area contributed by atoms with Gasteiger partial charge in [-0.2, -0.15) is 25.3 Å². The van der Waals surface area contributed by atoms with Crippen LogP contribution in [0.5, 0.6) is 0 Å². The molecular weight excluding hydrogens is 663 g/mol. The quantitative estimate of drug-likeness (QED) is 0.235. The Morgan fingerprint density at radius 3 is 1.23 bits per heavy atom. The number of hydrogen-bond donors (Lipinski definition) is 2. The minimum atomic E-state index is -4.33. The highest BCUT2D eigenvalue weighted by Crippen LogP contribution is 2.67. The molecule has 43 heavy (non-hydrogen) atoms. The number of hydrogen-bond acceptors (Lipinski definition) is 8. The summed E-state index contributed by atoms with van der Waals surface area (Å²) in [5.74, 6) is -1.80. The van der Waals surface area contributed by atoms with Crippen LogP contribution in [-0.2, 0) is 38.1 Å². The summed E-state index contributed by atoms with van der Waals surface area (Å²) >= 11 is 0. The van der Waals surface area contributed by atoms with Gasteiger partial charge in [-0.05, 0) is 71.6 Å². The van der Waals surface area contributed by atoms with E-state index in [-0.39, 0.29) is 23.4 Å². The maximum atomic E-state index is 13.4. The molecule has 4 aliphatic rings. The zero-order valence-corrected chi connectivity index (χ0v) is 28.0. The Bertz CT molecular complexity index is 1630. The molecule has 0 saturated heterocycles. The van der Waals surface area contributed by atoms with Crippen molar-refractivity contribution in [3.8, 4) is 0 Å². The van der Waals surface area contributed by atoms with Crippen molar-refractivity contribution < 1.29 is 43.9 Å². The van der Waals surface area contributed by atoms with Gasteiger partial charge in [0.05, 0.1) is 22.3 Å². The molecule has 1 aromatic carbocycles. The second-order valence-electron chi connectivity index (χ2n) is 13.1. The summed E-state index contributed by atoms with van der Waals surface area (Å²) in [4.78, 5) is 26.9. The van der Waals surface area contributed by atoms with Crippen molar-refractivity contribution in [1.29, 1.82) is 0 Å². The molecule has 10 nitrogen and oxygen atoms in total. The van der Waals surface area contributed by atoms with E-state index in [4.69, 9.17) is 8.42 Å². The number of halogens is 2. The van der Waals surface area contributed by atoms with E-state index < -0.39 is 61.7 Å². The number of rotatable bonds is 6. The monoisotopic (exact) mass is 696 g/mol. The lowest BCUT2D eigenvalue weighted by Gasteiger charge is -2.34. The zero-order chi connectivity index (χ0) is 32.6. The van der Waals surface area contributed by atoms with Gasteiger partial charge in [-0.1, -0.05) is 52.0 Å². The predicted octanol–water partition coefficient (Wildman–Crippen LogP) is 4.95. The zero-order valence-electron chi connectivity index (χ0n) is 24.0. The third-order valence-corrected chi connectivity index (χ3v) is 12.2. The molecule has 0 aliphatic heterocycles. The minimum Gasteiger partial charge on any atom is -0.294 e. The maximum Gasteiger partial charge on any atom is 0.317 e. The van der Waals surface area contributed by atoms with Crippen molar-refractivity contribution in [2.24, 2.45) is 33.5 Å². The van der Waals surface area contributed by atoms with Crippen molar-refractivity contribution in [2.75, 3.05) is 11.5 Å². The molecule has 0 radical (unpaired) electrons. The fourth-order valence-corrected chi connectivity index (χ4v) is 10.8. The van der Waals surface area contributed by atoms with Crippen LogP contribution < -0.4 is 0 Å². The topological polar surface area (TPSA) is 177 Å². The standard InChI is InChI=1S/C28H34O8S2.Cl2O2S/c1-25(2)21-9-11-27(25,15-37(31,32)33)23(29)19(21)13-17-5-7-18(8-6-17)14-20-22-10-12-28(24(20)30,26(22,3)4)16-38(34,35)36;1-5(2,3)4/h5-8,13-14,21-22H,9-12,15-16H2,1-4H3,(H,31,32,33)(H,34,35,36);/b19-13-,20-14-;. The number of ketones is 2. The van der Waals surface area contributed by atoms with Crippen LogP contribution >= 0.6 is 21.4 Å². The molecule has 4 unspecified atom stereocenters. The highest BCUT2D eigenvalue weighted by atomic mass is 36.0. The van der Waals surface area contributed by atoms with Crippen molar-refractivity contribution in [3.05, 3.63) is 46.5 Å². The Labute approximate surface area is 261 Å². The van der Waals surface area contributed by atoms with Crippen LogP contribution in [0.1, 0.15) is 64.5 Å². The maximum absolute atomic E-state index is 13.4. The second kappa shape index (κ2) is 10.7. The summed E-state index contributed by atoms with van der Waals surface area (Å²) in [5, 5.41) is 0. The SMILES string of the molecule is CC1(C)C2CCC1(CS(=O)(=O)O)C(=O)/C2=C\c1ccc(/C=C2\C(=O)C3(CS(=O)(=O)O)CCC2C3(C)C)cc1.O=S(=O)(Cl)Cl. The van der Waals surface area contributed by atoms with Crippen LogP contribution in [0.15, 0.2) is 35.4 Å². The summed E-state index contributed by atoms with van der Waals surface area (Å²) < 4.78 is 84.5. The smallest absolute Gasteiger partial charge is 0.294 e. The van der Waals surface area contributed by atoms with Gasteiger partial charge in [0.25, 0.3) is 20.2 Å². The molecule has 4 bridgehead atoms. The molecule has 238 valence electrons. The van der Waals surface area contributed by atoms with Gasteiger partial charge in [0.1, 0.15) is 0 Å². The van der Waals surface area contributed by atoms with Crippen LogP contribution in [0.2, 0.25) is 0 Å². The van der Waals surface area contributed by atoms with Gasteiger partial charge < -0.3 is 0 Å². The summed E-state index contributed by atoms with van der Waals surface area (Å²) in [5.41, 5.74) is -0.762. The molecule has 5 rings (SSSR count). The van der Waals surface area contributed by atoms with Gasteiger partial charge >= 0.3 is 8.26 Å². The van der Waals surface area contributed by atoms with Crippen molar-refractivity contribution >= 4 is 73.6 Å². The third kappa shape index (κ3) is 6.15. The lowest BCUT2D eigenvalue weighted by atomic mass is 9.70. The van der Waals surface area contributed by atoms with E-state index in [0.29, 0.717) is 36.8 Å². The van der Waals surface area contributed by atoms with Crippen LogP contribution in [0.25, 0.3) is 12.2 Å². The second-order valence-corrected chi connectivity index (χ2v) is 19.7.